The van der Waals surface area contributed by atoms with Crippen LogP contribution in [0.15, 0.2) is 16.7 Å². The Morgan fingerprint density at radius 2 is 2.19 bits per heavy atom. The van der Waals surface area contributed by atoms with Crippen LogP contribution in [-0.2, 0) is 0 Å². The number of hydrogen-bond acceptors (Lipinski definition) is 2. The molecule has 1 aliphatic heterocycles. The van der Waals surface area contributed by atoms with Crippen molar-refractivity contribution in [3.8, 4) is 0 Å². The number of carbonyl (C=O) groups is 1. The minimum absolute atomic E-state index is 0.0672. The van der Waals surface area contributed by atoms with E-state index in [0.29, 0.717) is 11.7 Å². The molecule has 1 saturated heterocycles. The molecule has 2 rings (SSSR count). The van der Waals surface area contributed by atoms with Crippen molar-refractivity contribution in [2.45, 2.75) is 18.9 Å². The topological polar surface area (TPSA) is 48.1 Å². The summed E-state index contributed by atoms with van der Waals surface area (Å²) in [5, 5.41) is 3.30. The second kappa shape index (κ2) is 5.01. The first-order valence-electron chi connectivity index (χ1n) is 5.50. The smallest absolute Gasteiger partial charge is 0.270 e. The van der Waals surface area contributed by atoms with E-state index in [2.05, 4.69) is 26.2 Å². The highest BCUT2D eigenvalue weighted by Gasteiger charge is 2.23. The number of hydrogen-bond donors (Lipinski definition) is 2. The lowest BCUT2D eigenvalue weighted by Crippen LogP contribution is -2.44. The maximum atomic E-state index is 12.1. The van der Waals surface area contributed by atoms with E-state index in [4.69, 9.17) is 0 Å². The third-order valence-electron chi connectivity index (χ3n) is 3.05. The van der Waals surface area contributed by atoms with E-state index < -0.39 is 0 Å². The van der Waals surface area contributed by atoms with Gasteiger partial charge in [-0.25, -0.2) is 0 Å². The summed E-state index contributed by atoms with van der Waals surface area (Å²) in [6, 6.07) is 2.18. The molecule has 0 bridgehead atoms. The van der Waals surface area contributed by atoms with Gasteiger partial charge in [0.05, 0.1) is 0 Å². The van der Waals surface area contributed by atoms with E-state index in [9.17, 15) is 4.79 Å². The van der Waals surface area contributed by atoms with Gasteiger partial charge < -0.3 is 15.2 Å². The van der Waals surface area contributed by atoms with E-state index in [1.165, 1.54) is 0 Å². The first-order chi connectivity index (χ1) is 7.68. The summed E-state index contributed by atoms with van der Waals surface area (Å²) in [5.41, 5.74) is 0.646. The fourth-order valence-corrected chi connectivity index (χ4v) is 2.38. The molecular weight excluding hydrogens is 270 g/mol. The molecule has 16 heavy (non-hydrogen) atoms. The number of piperidine rings is 1. The van der Waals surface area contributed by atoms with Gasteiger partial charge in [-0.2, -0.15) is 0 Å². The second-order valence-corrected chi connectivity index (χ2v) is 5.04. The van der Waals surface area contributed by atoms with Gasteiger partial charge in [0.25, 0.3) is 5.91 Å². The van der Waals surface area contributed by atoms with Crippen LogP contribution >= 0.6 is 15.9 Å². The van der Waals surface area contributed by atoms with Gasteiger partial charge in [-0.1, -0.05) is 0 Å². The largest absolute Gasteiger partial charge is 0.356 e. The minimum atomic E-state index is 0.0672. The monoisotopic (exact) mass is 285 g/mol. The third-order valence-corrected chi connectivity index (χ3v) is 3.51. The molecule has 2 N–H and O–H groups in total. The highest BCUT2D eigenvalue weighted by molar-refractivity contribution is 9.10. The fraction of sp³-hybridized carbons (Fsp3) is 0.545. The Bertz CT molecular complexity index is 371. The quantitative estimate of drug-likeness (QED) is 0.867. The Kier molecular flexibility index (Phi) is 3.66. The van der Waals surface area contributed by atoms with Gasteiger partial charge >= 0.3 is 0 Å². The van der Waals surface area contributed by atoms with Gasteiger partial charge in [0.1, 0.15) is 5.69 Å². The number of nitrogens with one attached hydrogen (secondary N) is 2. The Morgan fingerprint density at radius 3 is 2.75 bits per heavy atom. The molecule has 4 nitrogen and oxygen atoms in total. The average Bonchev–Trinajstić information content (AvgIpc) is 2.75. The van der Waals surface area contributed by atoms with Crippen molar-refractivity contribution in [3.63, 3.8) is 0 Å². The van der Waals surface area contributed by atoms with Gasteiger partial charge in [0.15, 0.2) is 0 Å². The lowest BCUT2D eigenvalue weighted by molar-refractivity contribution is 0.0698. The predicted octanol–water partition coefficient (Wildman–Crippen LogP) is 1.60. The molecule has 5 heteroatoms. The SMILES string of the molecule is CN(C(=O)c1cc(Br)c[nH]1)C1CCNCC1. The molecule has 0 spiro atoms. The Labute approximate surface area is 104 Å². The molecule has 2 heterocycles. The van der Waals surface area contributed by atoms with Crippen molar-refractivity contribution >= 4 is 21.8 Å². The van der Waals surface area contributed by atoms with E-state index in [1.54, 1.807) is 6.20 Å². The normalized spacial score (nSPS) is 17.4. The number of carbonyl (C=O) groups excluding carboxylic acids is 1. The Morgan fingerprint density at radius 1 is 1.50 bits per heavy atom. The van der Waals surface area contributed by atoms with Crippen LogP contribution in [-0.4, -0.2) is 42.0 Å². The maximum Gasteiger partial charge on any atom is 0.270 e. The van der Waals surface area contributed by atoms with Crippen molar-refractivity contribution in [2.75, 3.05) is 20.1 Å². The zero-order valence-corrected chi connectivity index (χ0v) is 10.9. The Balaban J connectivity index is 2.03. The van der Waals surface area contributed by atoms with Crippen molar-refractivity contribution in [3.05, 3.63) is 22.4 Å². The zero-order chi connectivity index (χ0) is 11.5. The van der Waals surface area contributed by atoms with Crippen LogP contribution in [0.3, 0.4) is 0 Å². The fourth-order valence-electron chi connectivity index (χ4n) is 2.04. The molecular formula is C11H16BrN3O. The summed E-state index contributed by atoms with van der Waals surface area (Å²) >= 11 is 3.33. The molecule has 1 fully saturated rings. The highest BCUT2D eigenvalue weighted by atomic mass is 79.9. The number of nitrogens with zero attached hydrogens (tertiary/aromatic N) is 1. The predicted molar refractivity (Wildman–Crippen MR) is 66.5 cm³/mol. The van der Waals surface area contributed by atoms with Gasteiger partial charge in [0, 0.05) is 23.8 Å². The van der Waals surface area contributed by atoms with Crippen LogP contribution in [0.25, 0.3) is 0 Å². The number of rotatable bonds is 2. The van der Waals surface area contributed by atoms with Crippen LogP contribution < -0.4 is 5.32 Å². The Hall–Kier alpha value is -0.810. The molecule has 1 aromatic heterocycles. The molecule has 88 valence electrons. The third kappa shape index (κ3) is 2.47. The summed E-state index contributed by atoms with van der Waals surface area (Å²) in [4.78, 5) is 16.9. The summed E-state index contributed by atoms with van der Waals surface area (Å²) < 4.78 is 0.912. The molecule has 1 aromatic rings. The zero-order valence-electron chi connectivity index (χ0n) is 9.29. The van der Waals surface area contributed by atoms with Crippen LogP contribution in [0.1, 0.15) is 23.3 Å². The standard InChI is InChI=1S/C11H16BrN3O/c1-15(9-2-4-13-5-3-9)11(16)10-6-8(12)7-14-10/h6-7,9,13-14H,2-5H2,1H3. The maximum absolute atomic E-state index is 12.1. The summed E-state index contributed by atoms with van der Waals surface area (Å²) in [6.45, 7) is 1.99. The van der Waals surface area contributed by atoms with Crippen LogP contribution in [0, 0.1) is 0 Å². The van der Waals surface area contributed by atoms with Crippen LogP contribution in [0.5, 0.6) is 0 Å². The van der Waals surface area contributed by atoms with E-state index >= 15 is 0 Å². The van der Waals surface area contributed by atoms with E-state index in [0.717, 1.165) is 30.4 Å². The van der Waals surface area contributed by atoms with Gasteiger partial charge in [-0.3, -0.25) is 4.79 Å². The lowest BCUT2D eigenvalue weighted by Gasteiger charge is -2.31. The first kappa shape index (κ1) is 11.7. The number of H-pyrrole nitrogens is 1. The number of aromatic amines is 1. The van der Waals surface area contributed by atoms with E-state index in [-0.39, 0.29) is 5.91 Å². The van der Waals surface area contributed by atoms with Gasteiger partial charge in [-0.15, -0.1) is 0 Å². The molecule has 0 aromatic carbocycles. The van der Waals surface area contributed by atoms with E-state index in [1.807, 2.05) is 18.0 Å². The highest BCUT2D eigenvalue weighted by Crippen LogP contribution is 2.16. The first-order valence-corrected chi connectivity index (χ1v) is 6.29. The molecule has 0 atom stereocenters. The second-order valence-electron chi connectivity index (χ2n) is 4.13. The molecule has 0 radical (unpaired) electrons. The minimum Gasteiger partial charge on any atom is -0.356 e. The van der Waals surface area contributed by atoms with Crippen molar-refractivity contribution in [2.24, 2.45) is 0 Å². The van der Waals surface area contributed by atoms with Crippen molar-refractivity contribution < 1.29 is 4.79 Å². The summed E-state index contributed by atoms with van der Waals surface area (Å²) in [6.07, 6.45) is 3.84. The molecule has 0 unspecified atom stereocenters. The lowest BCUT2D eigenvalue weighted by atomic mass is 10.1. The molecule has 1 aliphatic rings. The average molecular weight is 286 g/mol. The molecule has 1 amide bonds. The van der Waals surface area contributed by atoms with Gasteiger partial charge in [-0.05, 0) is 47.9 Å². The van der Waals surface area contributed by atoms with Crippen molar-refractivity contribution in [1.29, 1.82) is 0 Å². The number of halogens is 1. The number of amides is 1. The van der Waals surface area contributed by atoms with Crippen LogP contribution in [0.2, 0.25) is 0 Å². The summed E-state index contributed by atoms with van der Waals surface area (Å²) in [7, 11) is 1.88. The van der Waals surface area contributed by atoms with Crippen LogP contribution in [0.4, 0.5) is 0 Å². The van der Waals surface area contributed by atoms with Crippen molar-refractivity contribution in [1.82, 2.24) is 15.2 Å². The molecule has 0 aliphatic carbocycles. The van der Waals surface area contributed by atoms with Gasteiger partial charge in [0.2, 0.25) is 0 Å². The molecule has 0 saturated carbocycles. The summed E-state index contributed by atoms with van der Waals surface area (Å²) in [5.74, 6) is 0.0672. The number of aromatic nitrogens is 1.